The highest BCUT2D eigenvalue weighted by molar-refractivity contribution is 5.77. The van der Waals surface area contributed by atoms with E-state index in [-0.39, 0.29) is 37.0 Å². The predicted molar refractivity (Wildman–Crippen MR) is 148 cm³/mol. The Bertz CT molecular complexity index is 1040. The number of aliphatic carboxylic acids is 2. The number of hydrogen-bond donors (Lipinski definition) is 2. The van der Waals surface area contributed by atoms with E-state index in [1.807, 2.05) is 60.7 Å². The molecule has 2 aliphatic carbocycles. The topological polar surface area (TPSA) is 127 Å². The minimum absolute atomic E-state index is 0.161. The SMILES string of the molecule is CC1(C(=O)O)CCC(C(=O)OCc2ccccc2)CC1.CC1(C(=O)O)CCC(C(=O)OCc2ccccc2)CC1. The third kappa shape index (κ3) is 8.66. The average Bonchev–Trinajstić information content (AvgIpc) is 2.96. The molecule has 0 bridgehead atoms. The zero-order valence-corrected chi connectivity index (χ0v) is 23.3. The van der Waals surface area contributed by atoms with Crippen LogP contribution in [0.15, 0.2) is 60.7 Å². The summed E-state index contributed by atoms with van der Waals surface area (Å²) in [5.74, 6) is -2.28. The van der Waals surface area contributed by atoms with E-state index in [1.165, 1.54) is 0 Å². The van der Waals surface area contributed by atoms with Crippen LogP contribution in [0.5, 0.6) is 0 Å². The summed E-state index contributed by atoms with van der Waals surface area (Å²) in [6.07, 6.45) is 4.52. The molecule has 0 amide bonds. The van der Waals surface area contributed by atoms with Crippen LogP contribution in [0, 0.1) is 22.7 Å². The van der Waals surface area contributed by atoms with Crippen LogP contribution in [0.4, 0.5) is 0 Å². The van der Waals surface area contributed by atoms with Crippen molar-refractivity contribution in [3.63, 3.8) is 0 Å². The molecule has 40 heavy (non-hydrogen) atoms. The first-order valence-corrected chi connectivity index (χ1v) is 13.9. The Hall–Kier alpha value is -3.68. The highest BCUT2D eigenvalue weighted by Gasteiger charge is 2.40. The first-order valence-electron chi connectivity index (χ1n) is 13.9. The number of rotatable bonds is 8. The molecule has 2 aromatic carbocycles. The Balaban J connectivity index is 0.000000220. The van der Waals surface area contributed by atoms with E-state index < -0.39 is 22.8 Å². The number of benzene rings is 2. The van der Waals surface area contributed by atoms with Crippen LogP contribution in [-0.4, -0.2) is 34.1 Å². The molecule has 2 N–H and O–H groups in total. The molecule has 0 heterocycles. The molecular weight excluding hydrogens is 512 g/mol. The summed E-state index contributed by atoms with van der Waals surface area (Å²) >= 11 is 0. The molecule has 2 aromatic rings. The molecule has 0 radical (unpaired) electrons. The van der Waals surface area contributed by atoms with Gasteiger partial charge in [-0.1, -0.05) is 60.7 Å². The van der Waals surface area contributed by atoms with E-state index in [4.69, 9.17) is 19.7 Å². The van der Waals surface area contributed by atoms with Crippen molar-refractivity contribution in [3.05, 3.63) is 71.8 Å². The van der Waals surface area contributed by atoms with Gasteiger partial charge in [-0.3, -0.25) is 19.2 Å². The standard InChI is InChI=1S/2C16H20O4/c2*1-16(15(18)19)9-7-13(8-10-16)14(17)20-11-12-5-3-2-4-6-12/h2*2-6,13H,7-11H2,1H3,(H,18,19). The molecule has 2 saturated carbocycles. The maximum absolute atomic E-state index is 12.0. The van der Waals surface area contributed by atoms with Gasteiger partial charge < -0.3 is 19.7 Å². The molecule has 4 rings (SSSR count). The number of hydrogen-bond acceptors (Lipinski definition) is 6. The lowest BCUT2D eigenvalue weighted by Crippen LogP contribution is -2.35. The number of ether oxygens (including phenoxy) is 2. The summed E-state index contributed by atoms with van der Waals surface area (Å²) in [4.78, 5) is 46.3. The summed E-state index contributed by atoms with van der Waals surface area (Å²) in [5.41, 5.74) is 0.561. The molecule has 0 atom stereocenters. The van der Waals surface area contributed by atoms with Gasteiger partial charge in [-0.15, -0.1) is 0 Å². The fourth-order valence-electron chi connectivity index (χ4n) is 5.10. The van der Waals surface area contributed by atoms with Crippen LogP contribution in [-0.2, 0) is 41.9 Å². The van der Waals surface area contributed by atoms with Gasteiger partial charge in [0.1, 0.15) is 13.2 Å². The summed E-state index contributed by atoms with van der Waals surface area (Å²) in [6.45, 7) is 4.07. The number of carboxylic acid groups (broad SMARTS) is 2. The van der Waals surface area contributed by atoms with Crippen LogP contribution in [0.1, 0.15) is 76.3 Å². The molecule has 0 aliphatic heterocycles. The normalized spacial score (nSPS) is 25.9. The van der Waals surface area contributed by atoms with Crippen LogP contribution in [0.2, 0.25) is 0 Å². The van der Waals surface area contributed by atoms with Crippen LogP contribution in [0.25, 0.3) is 0 Å². The molecule has 0 saturated heterocycles. The van der Waals surface area contributed by atoms with Crippen molar-refractivity contribution in [1.82, 2.24) is 0 Å². The second-order valence-electron chi connectivity index (χ2n) is 11.5. The van der Waals surface area contributed by atoms with Gasteiger partial charge in [0, 0.05) is 0 Å². The summed E-state index contributed by atoms with van der Waals surface area (Å²) in [7, 11) is 0. The lowest BCUT2D eigenvalue weighted by atomic mass is 9.72. The fraction of sp³-hybridized carbons (Fsp3) is 0.500. The van der Waals surface area contributed by atoms with Crippen molar-refractivity contribution < 1.29 is 38.9 Å². The monoisotopic (exact) mass is 552 g/mol. The van der Waals surface area contributed by atoms with Crippen LogP contribution >= 0.6 is 0 Å². The third-order valence-corrected chi connectivity index (χ3v) is 8.33. The lowest BCUT2D eigenvalue weighted by molar-refractivity contribution is -0.157. The minimum Gasteiger partial charge on any atom is -0.481 e. The highest BCUT2D eigenvalue weighted by atomic mass is 16.5. The summed E-state index contributed by atoms with van der Waals surface area (Å²) in [6, 6.07) is 19.1. The zero-order chi connectivity index (χ0) is 29.2. The van der Waals surface area contributed by atoms with Gasteiger partial charge in [-0.2, -0.15) is 0 Å². The van der Waals surface area contributed by atoms with E-state index >= 15 is 0 Å². The third-order valence-electron chi connectivity index (χ3n) is 8.33. The van der Waals surface area contributed by atoms with Crippen molar-refractivity contribution in [3.8, 4) is 0 Å². The maximum Gasteiger partial charge on any atom is 0.309 e. The predicted octanol–water partition coefficient (Wildman–Crippen LogP) is 6.02. The van der Waals surface area contributed by atoms with Crippen molar-refractivity contribution in [1.29, 1.82) is 0 Å². The molecule has 8 nitrogen and oxygen atoms in total. The highest BCUT2D eigenvalue weighted by Crippen LogP contribution is 2.40. The molecule has 8 heteroatoms. The van der Waals surface area contributed by atoms with Crippen molar-refractivity contribution in [2.75, 3.05) is 0 Å². The quantitative estimate of drug-likeness (QED) is 0.381. The molecular formula is C32H40O8. The number of esters is 2. The minimum atomic E-state index is -0.770. The fourth-order valence-corrected chi connectivity index (χ4v) is 5.10. The lowest BCUT2D eigenvalue weighted by Gasteiger charge is -2.32. The number of carbonyl (C=O) groups is 4. The van der Waals surface area contributed by atoms with Gasteiger partial charge in [-0.05, 0) is 76.3 Å². The Morgan fingerprint density at radius 3 is 1.20 bits per heavy atom. The van der Waals surface area contributed by atoms with Crippen molar-refractivity contribution in [2.45, 2.75) is 78.4 Å². The Morgan fingerprint density at radius 2 is 0.925 bits per heavy atom. The Kier molecular flexibility index (Phi) is 10.9. The van der Waals surface area contributed by atoms with Gasteiger partial charge in [0.15, 0.2) is 0 Å². The average molecular weight is 553 g/mol. The second-order valence-corrected chi connectivity index (χ2v) is 11.5. The number of carboxylic acids is 2. The largest absolute Gasteiger partial charge is 0.481 e. The van der Waals surface area contributed by atoms with E-state index in [2.05, 4.69) is 0 Å². The van der Waals surface area contributed by atoms with Gasteiger partial charge in [0.05, 0.1) is 22.7 Å². The van der Waals surface area contributed by atoms with Crippen molar-refractivity contribution in [2.24, 2.45) is 22.7 Å². The second kappa shape index (κ2) is 14.1. The first kappa shape index (κ1) is 30.9. The van der Waals surface area contributed by atoms with Gasteiger partial charge in [-0.25, -0.2) is 0 Å². The van der Waals surface area contributed by atoms with Crippen LogP contribution < -0.4 is 0 Å². The molecule has 0 unspecified atom stereocenters. The molecule has 0 aromatic heterocycles. The van der Waals surface area contributed by atoms with E-state index in [0.29, 0.717) is 51.4 Å². The summed E-state index contributed by atoms with van der Waals surface area (Å²) in [5, 5.41) is 18.3. The van der Waals surface area contributed by atoms with Crippen LogP contribution in [0.3, 0.4) is 0 Å². The van der Waals surface area contributed by atoms with Crippen molar-refractivity contribution >= 4 is 23.9 Å². The number of carbonyl (C=O) groups excluding carboxylic acids is 2. The molecule has 216 valence electrons. The van der Waals surface area contributed by atoms with E-state index in [9.17, 15) is 19.2 Å². The molecule has 2 fully saturated rings. The Morgan fingerprint density at radius 1 is 0.625 bits per heavy atom. The van der Waals surface area contributed by atoms with E-state index in [1.54, 1.807) is 13.8 Å². The van der Waals surface area contributed by atoms with Gasteiger partial charge in [0.2, 0.25) is 0 Å². The van der Waals surface area contributed by atoms with E-state index in [0.717, 1.165) is 11.1 Å². The Labute approximate surface area is 235 Å². The molecule has 0 spiro atoms. The van der Waals surface area contributed by atoms with Gasteiger partial charge >= 0.3 is 23.9 Å². The smallest absolute Gasteiger partial charge is 0.309 e. The first-order chi connectivity index (χ1) is 19.0. The maximum atomic E-state index is 12.0. The van der Waals surface area contributed by atoms with Gasteiger partial charge in [0.25, 0.3) is 0 Å². The molecule has 2 aliphatic rings. The summed E-state index contributed by atoms with van der Waals surface area (Å²) < 4.78 is 10.6. The zero-order valence-electron chi connectivity index (χ0n) is 23.3.